The summed E-state index contributed by atoms with van der Waals surface area (Å²) in [6, 6.07) is 0. The molecule has 0 spiro atoms. The minimum atomic E-state index is -0.0568. The summed E-state index contributed by atoms with van der Waals surface area (Å²) < 4.78 is 4.82. The molecule has 0 aromatic carbocycles. The Kier molecular flexibility index (Phi) is 5.16. The zero-order valence-corrected chi connectivity index (χ0v) is 6.59. The first-order valence-corrected chi connectivity index (χ1v) is 3.19. The van der Waals surface area contributed by atoms with E-state index in [1.807, 2.05) is 11.9 Å². The normalized spacial score (nSPS) is 10.4. The first kappa shape index (κ1) is 9.59. The fraction of sp³-hybridized carbons (Fsp3) is 0.714. The molecule has 0 fully saturated rings. The van der Waals surface area contributed by atoms with Crippen LogP contribution in [-0.4, -0.2) is 44.5 Å². The molecule has 0 aromatic heterocycles. The van der Waals surface area contributed by atoms with Crippen LogP contribution in [-0.2, 0) is 9.53 Å². The molecular weight excluding hydrogens is 130 g/mol. The third kappa shape index (κ3) is 5.72. The topological polar surface area (TPSA) is 29.5 Å². The molecule has 0 amide bonds. The Bertz CT molecular complexity index is 104. The van der Waals surface area contributed by atoms with Gasteiger partial charge in [-0.1, -0.05) is 0 Å². The summed E-state index contributed by atoms with van der Waals surface area (Å²) in [4.78, 5) is 12.3. The van der Waals surface area contributed by atoms with Crippen LogP contribution in [0.15, 0.2) is 0 Å². The van der Waals surface area contributed by atoms with E-state index in [2.05, 4.69) is 6.92 Å². The predicted octanol–water partition coefficient (Wildman–Crippen LogP) is -0.0322. The van der Waals surface area contributed by atoms with E-state index in [1.54, 1.807) is 7.11 Å². The first-order chi connectivity index (χ1) is 4.66. The maximum absolute atomic E-state index is 10.4. The summed E-state index contributed by atoms with van der Waals surface area (Å²) in [5, 5.41) is 0. The van der Waals surface area contributed by atoms with E-state index in [-0.39, 0.29) is 5.78 Å². The standard InChI is InChI=1S/C7H14NO2/c1-7(9)6-8(2)4-5-10-3/h1,4-6H2,2-3H3. The molecule has 0 unspecified atom stereocenters. The van der Waals surface area contributed by atoms with Crippen molar-refractivity contribution in [3.8, 4) is 0 Å². The highest BCUT2D eigenvalue weighted by atomic mass is 16.5. The van der Waals surface area contributed by atoms with E-state index in [9.17, 15) is 4.79 Å². The van der Waals surface area contributed by atoms with Crippen molar-refractivity contribution in [2.45, 2.75) is 0 Å². The highest BCUT2D eigenvalue weighted by Gasteiger charge is 1.99. The van der Waals surface area contributed by atoms with E-state index in [4.69, 9.17) is 4.74 Å². The Balaban J connectivity index is 3.25. The molecule has 0 saturated carbocycles. The zero-order chi connectivity index (χ0) is 7.98. The average Bonchev–Trinajstić information content (AvgIpc) is 1.82. The van der Waals surface area contributed by atoms with E-state index >= 15 is 0 Å². The Morgan fingerprint density at radius 3 is 2.70 bits per heavy atom. The van der Waals surface area contributed by atoms with Crippen LogP contribution >= 0.6 is 0 Å². The van der Waals surface area contributed by atoms with Crippen molar-refractivity contribution >= 4 is 5.78 Å². The van der Waals surface area contributed by atoms with Crippen molar-refractivity contribution in [1.29, 1.82) is 0 Å². The molecule has 0 aromatic rings. The van der Waals surface area contributed by atoms with Crippen LogP contribution in [0.2, 0.25) is 0 Å². The van der Waals surface area contributed by atoms with Crippen LogP contribution in [0.4, 0.5) is 0 Å². The van der Waals surface area contributed by atoms with E-state index in [0.29, 0.717) is 13.2 Å². The zero-order valence-electron chi connectivity index (χ0n) is 6.59. The lowest BCUT2D eigenvalue weighted by Crippen LogP contribution is -2.27. The Morgan fingerprint density at radius 2 is 2.30 bits per heavy atom. The number of methoxy groups -OCH3 is 1. The lowest BCUT2D eigenvalue weighted by atomic mass is 10.4. The van der Waals surface area contributed by atoms with Gasteiger partial charge in [0.05, 0.1) is 13.2 Å². The smallest absolute Gasteiger partial charge is 0.147 e. The molecule has 0 aliphatic rings. The Labute approximate surface area is 62.0 Å². The molecule has 0 heterocycles. The third-order valence-corrected chi connectivity index (χ3v) is 1.12. The molecule has 1 radical (unpaired) electrons. The minimum absolute atomic E-state index is 0.0568. The van der Waals surface area contributed by atoms with Gasteiger partial charge >= 0.3 is 0 Å². The number of likely N-dealkylation sites (N-methyl/N-ethyl adjacent to an activating group) is 1. The maximum Gasteiger partial charge on any atom is 0.147 e. The van der Waals surface area contributed by atoms with Crippen LogP contribution in [0, 0.1) is 6.92 Å². The fourth-order valence-corrected chi connectivity index (χ4v) is 0.627. The van der Waals surface area contributed by atoms with Crippen molar-refractivity contribution < 1.29 is 9.53 Å². The molecule has 10 heavy (non-hydrogen) atoms. The van der Waals surface area contributed by atoms with Gasteiger partial charge in [0.15, 0.2) is 0 Å². The molecule has 3 heteroatoms. The van der Waals surface area contributed by atoms with Crippen LogP contribution < -0.4 is 0 Å². The SMILES string of the molecule is [CH2]C(=O)CN(C)CCOC. The van der Waals surface area contributed by atoms with Crippen molar-refractivity contribution in [3.05, 3.63) is 6.92 Å². The van der Waals surface area contributed by atoms with E-state index in [0.717, 1.165) is 6.54 Å². The molecule has 59 valence electrons. The van der Waals surface area contributed by atoms with Gasteiger partial charge in [0.2, 0.25) is 0 Å². The van der Waals surface area contributed by atoms with Gasteiger partial charge in [-0.3, -0.25) is 9.69 Å². The summed E-state index contributed by atoms with van der Waals surface area (Å²) in [5.74, 6) is -0.0568. The predicted molar refractivity (Wildman–Crippen MR) is 39.7 cm³/mol. The Morgan fingerprint density at radius 1 is 1.70 bits per heavy atom. The number of Topliss-reactive ketones (excluding diaryl/α,β-unsaturated/α-hetero) is 1. The third-order valence-electron chi connectivity index (χ3n) is 1.12. The summed E-state index contributed by atoms with van der Waals surface area (Å²) in [6.45, 7) is 5.10. The molecule has 0 N–H and O–H groups in total. The minimum Gasteiger partial charge on any atom is -0.383 e. The van der Waals surface area contributed by atoms with Crippen LogP contribution in [0.3, 0.4) is 0 Å². The van der Waals surface area contributed by atoms with Gasteiger partial charge in [0, 0.05) is 20.6 Å². The largest absolute Gasteiger partial charge is 0.383 e. The molecule has 0 atom stereocenters. The summed E-state index contributed by atoms with van der Waals surface area (Å²) in [7, 11) is 3.50. The number of ether oxygens (including phenoxy) is 1. The highest BCUT2D eigenvalue weighted by molar-refractivity contribution is 5.84. The molecule has 3 nitrogen and oxygen atoms in total. The summed E-state index contributed by atoms with van der Waals surface area (Å²) in [5.41, 5.74) is 0. The van der Waals surface area contributed by atoms with Crippen molar-refractivity contribution in [3.63, 3.8) is 0 Å². The molecule has 0 rings (SSSR count). The monoisotopic (exact) mass is 144 g/mol. The lowest BCUT2D eigenvalue weighted by Gasteiger charge is -2.12. The second-order valence-electron chi connectivity index (χ2n) is 2.27. The van der Waals surface area contributed by atoms with Gasteiger partial charge in [0.1, 0.15) is 5.78 Å². The molecule has 0 aliphatic carbocycles. The highest BCUT2D eigenvalue weighted by Crippen LogP contribution is 1.81. The number of carbonyl (C=O) groups excluding carboxylic acids is 1. The molecular formula is C7H14NO2. The van der Waals surface area contributed by atoms with Gasteiger partial charge in [-0.15, -0.1) is 0 Å². The van der Waals surface area contributed by atoms with Gasteiger partial charge in [-0.2, -0.15) is 0 Å². The van der Waals surface area contributed by atoms with Gasteiger partial charge in [-0.25, -0.2) is 0 Å². The molecule has 0 aliphatic heterocycles. The molecule has 0 saturated heterocycles. The second-order valence-corrected chi connectivity index (χ2v) is 2.27. The van der Waals surface area contributed by atoms with E-state index in [1.165, 1.54) is 0 Å². The van der Waals surface area contributed by atoms with E-state index < -0.39 is 0 Å². The quantitative estimate of drug-likeness (QED) is 0.542. The summed E-state index contributed by atoms with van der Waals surface area (Å²) in [6.07, 6.45) is 0. The lowest BCUT2D eigenvalue weighted by molar-refractivity contribution is -0.115. The first-order valence-electron chi connectivity index (χ1n) is 3.19. The fourth-order valence-electron chi connectivity index (χ4n) is 0.627. The van der Waals surface area contributed by atoms with Gasteiger partial charge < -0.3 is 4.74 Å². The number of hydrogen-bond acceptors (Lipinski definition) is 3. The maximum atomic E-state index is 10.4. The van der Waals surface area contributed by atoms with Gasteiger partial charge in [0.25, 0.3) is 0 Å². The second kappa shape index (κ2) is 5.38. The number of rotatable bonds is 5. The van der Waals surface area contributed by atoms with Crippen molar-refractivity contribution in [1.82, 2.24) is 4.90 Å². The van der Waals surface area contributed by atoms with Crippen LogP contribution in [0.25, 0.3) is 0 Å². The number of hydrogen-bond donors (Lipinski definition) is 0. The number of carbonyl (C=O) groups is 1. The van der Waals surface area contributed by atoms with Gasteiger partial charge in [-0.05, 0) is 7.05 Å². The number of nitrogens with zero attached hydrogens (tertiary/aromatic N) is 1. The van der Waals surface area contributed by atoms with Crippen LogP contribution in [0.5, 0.6) is 0 Å². The Hall–Kier alpha value is -0.410. The van der Waals surface area contributed by atoms with Crippen molar-refractivity contribution in [2.24, 2.45) is 0 Å². The van der Waals surface area contributed by atoms with Crippen molar-refractivity contribution in [2.75, 3.05) is 33.9 Å². The summed E-state index contributed by atoms with van der Waals surface area (Å²) >= 11 is 0. The number of ketones is 1. The molecule has 0 bridgehead atoms. The average molecular weight is 144 g/mol. The van der Waals surface area contributed by atoms with Crippen LogP contribution in [0.1, 0.15) is 0 Å².